The van der Waals surface area contributed by atoms with Gasteiger partial charge in [-0.15, -0.1) is 0 Å². The molecule has 0 radical (unpaired) electrons. The lowest BCUT2D eigenvalue weighted by Crippen LogP contribution is -1.88. The second kappa shape index (κ2) is 4.64. The first-order valence-electron chi connectivity index (χ1n) is 7.08. The van der Waals surface area contributed by atoms with E-state index in [2.05, 4.69) is 78.3 Å². The zero-order valence-corrected chi connectivity index (χ0v) is 11.6. The van der Waals surface area contributed by atoms with Crippen molar-refractivity contribution < 1.29 is 0 Å². The van der Waals surface area contributed by atoms with Crippen LogP contribution in [0, 0.1) is 0 Å². The molecule has 0 aliphatic rings. The monoisotopic (exact) mass is 269 g/mol. The van der Waals surface area contributed by atoms with E-state index in [0.29, 0.717) is 0 Å². The van der Waals surface area contributed by atoms with Gasteiger partial charge in [-0.3, -0.25) is 0 Å². The summed E-state index contributed by atoms with van der Waals surface area (Å²) in [7, 11) is 0. The van der Waals surface area contributed by atoms with E-state index in [0.717, 1.165) is 16.8 Å². The van der Waals surface area contributed by atoms with E-state index in [1.165, 1.54) is 21.7 Å². The average molecular weight is 269 g/mol. The highest BCUT2D eigenvalue weighted by Crippen LogP contribution is 2.29. The number of aromatic nitrogens is 1. The molecule has 0 amide bonds. The molecule has 0 atom stereocenters. The van der Waals surface area contributed by atoms with E-state index >= 15 is 0 Å². The minimum absolute atomic E-state index is 1.03. The predicted octanol–water partition coefficient (Wildman–Crippen LogP) is 5.38. The van der Waals surface area contributed by atoms with Gasteiger partial charge in [0.1, 0.15) is 0 Å². The first-order chi connectivity index (χ1) is 10.3. The molecule has 21 heavy (non-hydrogen) atoms. The summed E-state index contributed by atoms with van der Waals surface area (Å²) in [6, 6.07) is 25.3. The number of para-hydroxylation sites is 1. The fourth-order valence-corrected chi connectivity index (χ4v) is 2.87. The predicted molar refractivity (Wildman–Crippen MR) is 90.4 cm³/mol. The van der Waals surface area contributed by atoms with Crippen LogP contribution < -0.4 is 0 Å². The van der Waals surface area contributed by atoms with Gasteiger partial charge in [0.15, 0.2) is 0 Å². The van der Waals surface area contributed by atoms with Crippen molar-refractivity contribution in [2.45, 2.75) is 0 Å². The van der Waals surface area contributed by atoms with Crippen molar-refractivity contribution in [3.63, 3.8) is 0 Å². The lowest BCUT2D eigenvalue weighted by atomic mass is 9.97. The molecule has 1 nitrogen and oxygen atoms in total. The van der Waals surface area contributed by atoms with Crippen molar-refractivity contribution in [1.82, 2.24) is 4.98 Å². The van der Waals surface area contributed by atoms with E-state index < -0.39 is 0 Å². The van der Waals surface area contributed by atoms with Gasteiger partial charge in [-0.05, 0) is 34.0 Å². The summed E-state index contributed by atoms with van der Waals surface area (Å²) in [5.41, 5.74) is 4.43. The van der Waals surface area contributed by atoms with Gasteiger partial charge in [-0.1, -0.05) is 67.2 Å². The largest absolute Gasteiger partial charge is 0.355 e. The molecular formula is C20H15N. The SMILES string of the molecule is C=C(c1cc2ccccc2[nH]1)c1cccc2ccccc12. The Labute approximate surface area is 123 Å². The quantitative estimate of drug-likeness (QED) is 0.502. The number of fused-ring (bicyclic) bond motifs is 2. The maximum absolute atomic E-state index is 4.31. The van der Waals surface area contributed by atoms with Crippen molar-refractivity contribution in [2.75, 3.05) is 0 Å². The van der Waals surface area contributed by atoms with Crippen molar-refractivity contribution in [3.8, 4) is 0 Å². The molecule has 0 aliphatic heterocycles. The highest BCUT2D eigenvalue weighted by molar-refractivity contribution is 5.98. The summed E-state index contributed by atoms with van der Waals surface area (Å²) in [5.74, 6) is 0. The summed E-state index contributed by atoms with van der Waals surface area (Å²) >= 11 is 0. The minimum Gasteiger partial charge on any atom is -0.355 e. The van der Waals surface area contributed by atoms with Gasteiger partial charge in [0, 0.05) is 16.6 Å². The molecule has 100 valence electrons. The number of hydrogen-bond acceptors (Lipinski definition) is 0. The van der Waals surface area contributed by atoms with Crippen LogP contribution in [0.5, 0.6) is 0 Å². The highest BCUT2D eigenvalue weighted by atomic mass is 14.7. The Bertz CT molecular complexity index is 921. The van der Waals surface area contributed by atoms with Gasteiger partial charge in [-0.25, -0.2) is 0 Å². The zero-order chi connectivity index (χ0) is 14.2. The second-order valence-electron chi connectivity index (χ2n) is 5.28. The standard InChI is InChI=1S/C20H15N/c1-14(20-13-16-8-3-5-12-19(16)21-20)17-11-6-9-15-7-2-4-10-18(15)17/h2-13,21H,1H2. The Morgan fingerprint density at radius 2 is 1.48 bits per heavy atom. The molecule has 1 aromatic heterocycles. The van der Waals surface area contributed by atoms with Crippen molar-refractivity contribution >= 4 is 27.2 Å². The van der Waals surface area contributed by atoms with Gasteiger partial charge in [-0.2, -0.15) is 0 Å². The Balaban J connectivity index is 1.90. The molecular weight excluding hydrogens is 254 g/mol. The fraction of sp³-hybridized carbons (Fsp3) is 0. The Kier molecular flexibility index (Phi) is 2.65. The lowest BCUT2D eigenvalue weighted by Gasteiger charge is -2.08. The molecule has 1 N–H and O–H groups in total. The molecule has 4 rings (SSSR count). The summed E-state index contributed by atoms with van der Waals surface area (Å²) < 4.78 is 0. The second-order valence-corrected chi connectivity index (χ2v) is 5.28. The van der Waals surface area contributed by atoms with E-state index in [1.54, 1.807) is 0 Å². The number of aromatic amines is 1. The molecule has 0 aliphatic carbocycles. The molecule has 0 spiro atoms. The van der Waals surface area contributed by atoms with Gasteiger partial charge < -0.3 is 4.98 Å². The van der Waals surface area contributed by atoms with Crippen LogP contribution >= 0.6 is 0 Å². The van der Waals surface area contributed by atoms with Crippen LogP contribution in [0.3, 0.4) is 0 Å². The highest BCUT2D eigenvalue weighted by Gasteiger charge is 2.09. The molecule has 0 saturated heterocycles. The van der Waals surface area contributed by atoms with Crippen molar-refractivity contribution in [1.29, 1.82) is 0 Å². The smallest absolute Gasteiger partial charge is 0.0465 e. The lowest BCUT2D eigenvalue weighted by molar-refractivity contribution is 1.40. The van der Waals surface area contributed by atoms with Crippen LogP contribution in [0.1, 0.15) is 11.3 Å². The Hall–Kier alpha value is -2.80. The third-order valence-electron chi connectivity index (χ3n) is 3.97. The summed E-state index contributed by atoms with van der Waals surface area (Å²) in [4.78, 5) is 3.46. The normalized spacial score (nSPS) is 11.0. The number of rotatable bonds is 2. The topological polar surface area (TPSA) is 15.8 Å². The molecule has 0 saturated carbocycles. The number of nitrogens with one attached hydrogen (secondary N) is 1. The number of hydrogen-bond donors (Lipinski definition) is 1. The van der Waals surface area contributed by atoms with Crippen LogP contribution in [0.15, 0.2) is 79.4 Å². The molecule has 3 aromatic carbocycles. The van der Waals surface area contributed by atoms with Gasteiger partial charge in [0.05, 0.1) is 0 Å². The maximum atomic E-state index is 4.31. The van der Waals surface area contributed by atoms with Crippen LogP contribution in [0.25, 0.3) is 27.2 Å². The summed E-state index contributed by atoms with van der Waals surface area (Å²) in [6.07, 6.45) is 0. The summed E-state index contributed by atoms with van der Waals surface area (Å²) in [5, 5.41) is 3.70. The van der Waals surface area contributed by atoms with Crippen LogP contribution in [0.4, 0.5) is 0 Å². The Morgan fingerprint density at radius 1 is 0.762 bits per heavy atom. The molecule has 1 heterocycles. The van der Waals surface area contributed by atoms with Gasteiger partial charge >= 0.3 is 0 Å². The van der Waals surface area contributed by atoms with E-state index in [9.17, 15) is 0 Å². The third kappa shape index (κ3) is 1.95. The molecule has 4 aromatic rings. The van der Waals surface area contributed by atoms with Crippen molar-refractivity contribution in [3.05, 3.63) is 90.6 Å². The molecule has 1 heteroatoms. The van der Waals surface area contributed by atoms with Crippen LogP contribution in [-0.4, -0.2) is 4.98 Å². The van der Waals surface area contributed by atoms with Gasteiger partial charge in [0.2, 0.25) is 0 Å². The number of benzene rings is 3. The minimum atomic E-state index is 1.03. The number of H-pyrrole nitrogens is 1. The first-order valence-corrected chi connectivity index (χ1v) is 7.08. The van der Waals surface area contributed by atoms with E-state index in [4.69, 9.17) is 0 Å². The molecule has 0 bridgehead atoms. The zero-order valence-electron chi connectivity index (χ0n) is 11.6. The fourth-order valence-electron chi connectivity index (χ4n) is 2.87. The van der Waals surface area contributed by atoms with Crippen molar-refractivity contribution in [2.24, 2.45) is 0 Å². The molecule has 0 unspecified atom stereocenters. The van der Waals surface area contributed by atoms with E-state index in [1.807, 2.05) is 6.07 Å². The Morgan fingerprint density at radius 3 is 2.33 bits per heavy atom. The third-order valence-corrected chi connectivity index (χ3v) is 3.97. The summed E-state index contributed by atoms with van der Waals surface area (Å²) in [6.45, 7) is 4.31. The maximum Gasteiger partial charge on any atom is 0.0465 e. The average Bonchev–Trinajstić information content (AvgIpc) is 2.97. The van der Waals surface area contributed by atoms with E-state index in [-0.39, 0.29) is 0 Å². The van der Waals surface area contributed by atoms with Gasteiger partial charge in [0.25, 0.3) is 0 Å². The van der Waals surface area contributed by atoms with Crippen LogP contribution in [0.2, 0.25) is 0 Å². The molecule has 0 fully saturated rings. The van der Waals surface area contributed by atoms with Crippen LogP contribution in [-0.2, 0) is 0 Å². The first kappa shape index (κ1) is 12.0.